The van der Waals surface area contributed by atoms with Crippen molar-refractivity contribution in [1.82, 2.24) is 0 Å². The molecule has 2 aromatic rings. The van der Waals surface area contributed by atoms with Gasteiger partial charge in [0.2, 0.25) is 0 Å². The lowest BCUT2D eigenvalue weighted by Gasteiger charge is -2.46. The van der Waals surface area contributed by atoms with Crippen LogP contribution in [0.4, 0.5) is 0 Å². The Kier molecular flexibility index (Phi) is 4.93. The summed E-state index contributed by atoms with van der Waals surface area (Å²) in [6.07, 6.45) is 1.07. The SMILES string of the molecule is CC1(C)OCC[C@H]1O[Si](c1ccccc1)(c1ccccc1)C(C)(C)C. The lowest BCUT2D eigenvalue weighted by atomic mass is 10.0. The zero-order valence-electron chi connectivity index (χ0n) is 16.1. The van der Waals surface area contributed by atoms with Crippen molar-refractivity contribution in [3.63, 3.8) is 0 Å². The average molecular weight is 355 g/mol. The third kappa shape index (κ3) is 3.33. The van der Waals surface area contributed by atoms with Crippen molar-refractivity contribution in [3.8, 4) is 0 Å². The molecule has 0 aliphatic carbocycles. The Hall–Kier alpha value is -1.42. The minimum Gasteiger partial charge on any atom is -0.401 e. The zero-order chi connectivity index (χ0) is 18.1. The highest BCUT2D eigenvalue weighted by atomic mass is 28.4. The van der Waals surface area contributed by atoms with Gasteiger partial charge in [-0.3, -0.25) is 0 Å². The molecule has 0 bridgehead atoms. The highest BCUT2D eigenvalue weighted by Crippen LogP contribution is 2.40. The van der Waals surface area contributed by atoms with Crippen LogP contribution in [0.3, 0.4) is 0 Å². The second-order valence-electron chi connectivity index (χ2n) is 8.51. The Morgan fingerprint density at radius 1 is 0.920 bits per heavy atom. The van der Waals surface area contributed by atoms with E-state index in [1.54, 1.807) is 0 Å². The van der Waals surface area contributed by atoms with Gasteiger partial charge in [-0.1, -0.05) is 81.4 Å². The zero-order valence-corrected chi connectivity index (χ0v) is 17.1. The van der Waals surface area contributed by atoms with Gasteiger partial charge in [0.25, 0.3) is 8.32 Å². The first-order chi connectivity index (χ1) is 11.8. The number of ether oxygens (including phenoxy) is 1. The lowest BCUT2D eigenvalue weighted by molar-refractivity contribution is -0.0223. The number of rotatable bonds is 4. The number of hydrogen-bond acceptors (Lipinski definition) is 2. The smallest absolute Gasteiger partial charge is 0.261 e. The second-order valence-corrected chi connectivity index (χ2v) is 12.8. The summed E-state index contributed by atoms with van der Waals surface area (Å²) in [5.74, 6) is 0. The summed E-state index contributed by atoms with van der Waals surface area (Å²) in [4.78, 5) is 0. The molecule has 1 heterocycles. The summed E-state index contributed by atoms with van der Waals surface area (Å²) in [5, 5.41) is 2.67. The van der Waals surface area contributed by atoms with E-state index in [1.165, 1.54) is 10.4 Å². The third-order valence-corrected chi connectivity index (χ3v) is 10.4. The van der Waals surface area contributed by atoms with E-state index in [0.29, 0.717) is 0 Å². The van der Waals surface area contributed by atoms with Crippen LogP contribution < -0.4 is 10.4 Å². The predicted octanol–water partition coefficient (Wildman–Crippen LogP) is 4.13. The fraction of sp³-hybridized carbons (Fsp3) is 0.455. The van der Waals surface area contributed by atoms with Crippen LogP contribution >= 0.6 is 0 Å². The van der Waals surface area contributed by atoms with Crippen molar-refractivity contribution in [2.24, 2.45) is 0 Å². The minimum absolute atomic E-state index is 0.00831. The summed E-state index contributed by atoms with van der Waals surface area (Å²) in [5.41, 5.74) is -0.243. The van der Waals surface area contributed by atoms with Gasteiger partial charge in [-0.2, -0.15) is 0 Å². The van der Waals surface area contributed by atoms with Crippen molar-refractivity contribution in [2.75, 3.05) is 6.61 Å². The average Bonchev–Trinajstić information content (AvgIpc) is 2.91. The summed E-state index contributed by atoms with van der Waals surface area (Å²) in [6, 6.07) is 21.7. The second kappa shape index (κ2) is 6.71. The Morgan fingerprint density at radius 3 is 1.76 bits per heavy atom. The quantitative estimate of drug-likeness (QED) is 0.769. The first-order valence-electron chi connectivity index (χ1n) is 9.20. The van der Waals surface area contributed by atoms with Gasteiger partial charge in [0.1, 0.15) is 0 Å². The molecule has 3 heteroatoms. The maximum absolute atomic E-state index is 7.16. The summed E-state index contributed by atoms with van der Waals surface area (Å²) in [6.45, 7) is 12.0. The van der Waals surface area contributed by atoms with E-state index in [4.69, 9.17) is 9.16 Å². The monoisotopic (exact) mass is 354 g/mol. The van der Waals surface area contributed by atoms with Crippen LogP contribution in [0, 0.1) is 0 Å². The number of hydrogen-bond donors (Lipinski definition) is 0. The largest absolute Gasteiger partial charge is 0.401 e. The molecule has 2 nitrogen and oxygen atoms in total. The first kappa shape index (κ1) is 18.4. The molecule has 1 fully saturated rings. The van der Waals surface area contributed by atoms with E-state index in [9.17, 15) is 0 Å². The number of benzene rings is 2. The van der Waals surface area contributed by atoms with E-state index < -0.39 is 8.32 Å². The molecule has 0 N–H and O–H groups in total. The highest BCUT2D eigenvalue weighted by Gasteiger charge is 2.54. The van der Waals surface area contributed by atoms with Crippen molar-refractivity contribution in [2.45, 2.75) is 57.8 Å². The van der Waals surface area contributed by atoms with E-state index in [1.807, 2.05) is 0 Å². The molecular formula is C22H30O2Si. The first-order valence-corrected chi connectivity index (χ1v) is 11.1. The van der Waals surface area contributed by atoms with E-state index in [2.05, 4.69) is 95.3 Å². The van der Waals surface area contributed by atoms with E-state index in [-0.39, 0.29) is 16.7 Å². The van der Waals surface area contributed by atoms with Gasteiger partial charge in [0, 0.05) is 6.61 Å². The van der Waals surface area contributed by atoms with Gasteiger partial charge in [0.15, 0.2) is 0 Å². The van der Waals surface area contributed by atoms with Crippen molar-refractivity contribution >= 4 is 18.7 Å². The van der Waals surface area contributed by atoms with Crippen molar-refractivity contribution in [1.29, 1.82) is 0 Å². The van der Waals surface area contributed by atoms with Gasteiger partial charge < -0.3 is 9.16 Å². The molecule has 25 heavy (non-hydrogen) atoms. The van der Waals surface area contributed by atoms with Crippen LogP contribution in [-0.2, 0) is 9.16 Å². The molecule has 0 amide bonds. The molecule has 1 aliphatic rings. The maximum Gasteiger partial charge on any atom is 0.261 e. The molecule has 0 radical (unpaired) electrons. The minimum atomic E-state index is -2.48. The van der Waals surface area contributed by atoms with Crippen LogP contribution in [-0.4, -0.2) is 26.6 Å². The summed E-state index contributed by atoms with van der Waals surface area (Å²) < 4.78 is 13.1. The van der Waals surface area contributed by atoms with Gasteiger partial charge in [-0.05, 0) is 35.7 Å². The third-order valence-electron chi connectivity index (χ3n) is 5.37. The molecule has 1 atom stereocenters. The molecule has 0 unspecified atom stereocenters. The van der Waals surface area contributed by atoms with E-state index in [0.717, 1.165) is 13.0 Å². The Balaban J connectivity index is 2.19. The van der Waals surface area contributed by atoms with Crippen molar-refractivity contribution in [3.05, 3.63) is 60.7 Å². The summed E-state index contributed by atoms with van der Waals surface area (Å²) >= 11 is 0. The van der Waals surface area contributed by atoms with Crippen molar-refractivity contribution < 1.29 is 9.16 Å². The molecule has 0 saturated carbocycles. The fourth-order valence-corrected chi connectivity index (χ4v) is 8.82. The van der Waals surface area contributed by atoms with E-state index >= 15 is 0 Å². The molecular weight excluding hydrogens is 324 g/mol. The molecule has 0 spiro atoms. The Morgan fingerprint density at radius 2 is 1.40 bits per heavy atom. The predicted molar refractivity (Wildman–Crippen MR) is 107 cm³/mol. The topological polar surface area (TPSA) is 18.5 Å². The molecule has 0 aromatic heterocycles. The molecule has 2 aromatic carbocycles. The van der Waals surface area contributed by atoms with Crippen LogP contribution in [0.5, 0.6) is 0 Å². The molecule has 1 aliphatic heterocycles. The van der Waals surface area contributed by atoms with Gasteiger partial charge in [-0.25, -0.2) is 0 Å². The van der Waals surface area contributed by atoms with Crippen LogP contribution in [0.2, 0.25) is 5.04 Å². The molecule has 134 valence electrons. The van der Waals surface area contributed by atoms with Crippen LogP contribution in [0.1, 0.15) is 41.0 Å². The maximum atomic E-state index is 7.16. The lowest BCUT2D eigenvalue weighted by Crippen LogP contribution is -2.68. The molecule has 1 saturated heterocycles. The summed E-state index contributed by atoms with van der Waals surface area (Å²) in [7, 11) is -2.48. The Bertz CT molecular complexity index is 649. The fourth-order valence-electron chi connectivity index (χ4n) is 3.98. The van der Waals surface area contributed by atoms with Crippen LogP contribution in [0.25, 0.3) is 0 Å². The van der Waals surface area contributed by atoms with Crippen LogP contribution in [0.15, 0.2) is 60.7 Å². The standard InChI is InChI=1S/C22H30O2Si/c1-21(2,3)25(18-12-8-6-9-13-18,19-14-10-7-11-15-19)24-20-16-17-23-22(20,4)5/h6-15,20H,16-17H2,1-5H3/t20-/m1/s1. The molecule has 3 rings (SSSR count). The Labute approximate surface area is 153 Å². The normalized spacial score (nSPS) is 20.6. The van der Waals surface area contributed by atoms with Gasteiger partial charge >= 0.3 is 0 Å². The van der Waals surface area contributed by atoms with Gasteiger partial charge in [-0.15, -0.1) is 0 Å². The van der Waals surface area contributed by atoms with Gasteiger partial charge in [0.05, 0.1) is 11.7 Å². The highest BCUT2D eigenvalue weighted by molar-refractivity contribution is 6.99.